The first-order valence-electron chi connectivity index (χ1n) is 4.50. The summed E-state index contributed by atoms with van der Waals surface area (Å²) in [6.07, 6.45) is 2.80. The molecule has 0 amide bonds. The fourth-order valence-electron chi connectivity index (χ4n) is 1.45. The Morgan fingerprint density at radius 3 is 2.79 bits per heavy atom. The molecule has 0 saturated heterocycles. The van der Waals surface area contributed by atoms with E-state index in [9.17, 15) is 4.39 Å². The fourth-order valence-corrected chi connectivity index (χ4v) is 3.14. The van der Waals surface area contributed by atoms with E-state index >= 15 is 0 Å². The molecule has 14 heavy (non-hydrogen) atoms. The topological polar surface area (TPSA) is 0 Å². The third-order valence-corrected chi connectivity index (χ3v) is 4.41. The Bertz CT molecular complexity index is 460. The highest BCUT2D eigenvalue weighted by Crippen LogP contribution is 2.33. The zero-order valence-corrected chi connectivity index (χ0v) is 9.77. The van der Waals surface area contributed by atoms with Gasteiger partial charge in [-0.3, -0.25) is 0 Å². The molecule has 0 nitrogen and oxygen atoms in total. The van der Waals surface area contributed by atoms with E-state index in [1.54, 1.807) is 29.2 Å². The SMILES string of the molecule is CCc1cc2sc(SC)cc2cc1F. The second-order valence-corrected chi connectivity index (χ2v) is 5.29. The summed E-state index contributed by atoms with van der Waals surface area (Å²) in [4.78, 5) is 0. The normalized spacial score (nSPS) is 11.1. The molecule has 0 fully saturated rings. The Labute approximate surface area is 91.1 Å². The van der Waals surface area contributed by atoms with Crippen molar-refractivity contribution in [1.82, 2.24) is 0 Å². The average Bonchev–Trinajstić information content (AvgIpc) is 2.58. The molecule has 1 aromatic heterocycles. The summed E-state index contributed by atoms with van der Waals surface area (Å²) in [5, 5.41) is 1.02. The van der Waals surface area contributed by atoms with Gasteiger partial charge in [0, 0.05) is 4.70 Å². The van der Waals surface area contributed by atoms with Crippen LogP contribution in [0.1, 0.15) is 12.5 Å². The van der Waals surface area contributed by atoms with E-state index in [0.717, 1.165) is 17.4 Å². The van der Waals surface area contributed by atoms with Gasteiger partial charge >= 0.3 is 0 Å². The van der Waals surface area contributed by atoms with Crippen molar-refractivity contribution >= 4 is 33.2 Å². The maximum absolute atomic E-state index is 13.4. The van der Waals surface area contributed by atoms with Gasteiger partial charge in [0.05, 0.1) is 4.21 Å². The highest BCUT2D eigenvalue weighted by atomic mass is 32.2. The molecule has 2 rings (SSSR count). The van der Waals surface area contributed by atoms with Gasteiger partial charge in [-0.1, -0.05) is 6.92 Å². The Morgan fingerprint density at radius 2 is 2.14 bits per heavy atom. The van der Waals surface area contributed by atoms with Crippen LogP contribution < -0.4 is 0 Å². The molecule has 0 spiro atoms. The molecule has 3 heteroatoms. The summed E-state index contributed by atoms with van der Waals surface area (Å²) >= 11 is 3.44. The van der Waals surface area contributed by atoms with Gasteiger partial charge in [-0.2, -0.15) is 0 Å². The zero-order chi connectivity index (χ0) is 10.1. The predicted octanol–water partition coefficient (Wildman–Crippen LogP) is 4.32. The largest absolute Gasteiger partial charge is 0.207 e. The highest BCUT2D eigenvalue weighted by molar-refractivity contribution is 8.00. The van der Waals surface area contributed by atoms with Gasteiger partial charge in [0.1, 0.15) is 5.82 Å². The molecule has 0 aliphatic carbocycles. The summed E-state index contributed by atoms with van der Waals surface area (Å²) in [5.74, 6) is -0.0783. The van der Waals surface area contributed by atoms with E-state index in [2.05, 4.69) is 0 Å². The maximum Gasteiger partial charge on any atom is 0.127 e. The maximum atomic E-state index is 13.4. The molecular formula is C11H11FS2. The molecule has 1 heterocycles. The van der Waals surface area contributed by atoms with Crippen LogP contribution in [0.2, 0.25) is 0 Å². The van der Waals surface area contributed by atoms with Gasteiger partial charge in [0.15, 0.2) is 0 Å². The number of fused-ring (bicyclic) bond motifs is 1. The molecule has 0 atom stereocenters. The van der Waals surface area contributed by atoms with Gasteiger partial charge in [0.2, 0.25) is 0 Å². The highest BCUT2D eigenvalue weighted by Gasteiger charge is 2.06. The molecule has 0 unspecified atom stereocenters. The number of thioether (sulfide) groups is 1. The first kappa shape index (κ1) is 9.99. The third-order valence-electron chi connectivity index (χ3n) is 2.24. The summed E-state index contributed by atoms with van der Waals surface area (Å²) in [6, 6.07) is 5.66. The predicted molar refractivity (Wildman–Crippen MR) is 62.9 cm³/mol. The summed E-state index contributed by atoms with van der Waals surface area (Å²) in [5.41, 5.74) is 0.812. The molecule has 0 N–H and O–H groups in total. The minimum Gasteiger partial charge on any atom is -0.207 e. The van der Waals surface area contributed by atoms with Crippen LogP contribution in [0, 0.1) is 5.82 Å². The lowest BCUT2D eigenvalue weighted by Crippen LogP contribution is -1.85. The first-order valence-corrected chi connectivity index (χ1v) is 6.54. The fraction of sp³-hybridized carbons (Fsp3) is 0.273. The van der Waals surface area contributed by atoms with E-state index in [-0.39, 0.29) is 5.82 Å². The molecule has 2 aromatic rings. The Morgan fingerprint density at radius 1 is 1.36 bits per heavy atom. The van der Waals surface area contributed by atoms with Gasteiger partial charge in [-0.15, -0.1) is 23.1 Å². The molecule has 0 aliphatic heterocycles. The van der Waals surface area contributed by atoms with Crippen molar-refractivity contribution in [2.45, 2.75) is 17.6 Å². The standard InChI is InChI=1S/C11H11FS2/c1-3-7-5-10-8(4-9(7)12)6-11(13-2)14-10/h4-6H,3H2,1-2H3. The quantitative estimate of drug-likeness (QED) is 0.687. The van der Waals surface area contributed by atoms with E-state index in [1.165, 1.54) is 8.91 Å². The van der Waals surface area contributed by atoms with E-state index < -0.39 is 0 Å². The Balaban J connectivity index is 2.64. The molecule has 0 radical (unpaired) electrons. The van der Waals surface area contributed by atoms with Gasteiger partial charge in [0.25, 0.3) is 0 Å². The molecule has 74 valence electrons. The minimum absolute atomic E-state index is 0.0783. The van der Waals surface area contributed by atoms with Crippen molar-refractivity contribution in [1.29, 1.82) is 0 Å². The molecular weight excluding hydrogens is 215 g/mol. The summed E-state index contributed by atoms with van der Waals surface area (Å²) in [7, 11) is 0. The number of aryl methyl sites for hydroxylation is 1. The second-order valence-electron chi connectivity index (χ2n) is 3.10. The second kappa shape index (κ2) is 3.91. The van der Waals surface area contributed by atoms with Crippen molar-refractivity contribution in [3.8, 4) is 0 Å². The first-order chi connectivity index (χ1) is 6.74. The van der Waals surface area contributed by atoms with Crippen molar-refractivity contribution < 1.29 is 4.39 Å². The van der Waals surface area contributed by atoms with E-state index in [1.807, 2.05) is 25.3 Å². The molecule has 0 aliphatic rings. The monoisotopic (exact) mass is 226 g/mol. The Kier molecular flexibility index (Phi) is 2.79. The van der Waals surface area contributed by atoms with Crippen LogP contribution in [0.5, 0.6) is 0 Å². The van der Waals surface area contributed by atoms with Crippen molar-refractivity contribution in [2.75, 3.05) is 6.26 Å². The van der Waals surface area contributed by atoms with Crippen LogP contribution in [-0.4, -0.2) is 6.26 Å². The number of hydrogen-bond acceptors (Lipinski definition) is 2. The van der Waals surface area contributed by atoms with Crippen LogP contribution in [-0.2, 0) is 6.42 Å². The zero-order valence-electron chi connectivity index (χ0n) is 8.13. The average molecular weight is 226 g/mol. The molecule has 1 aromatic carbocycles. The number of rotatable bonds is 2. The van der Waals surface area contributed by atoms with Gasteiger partial charge < -0.3 is 0 Å². The van der Waals surface area contributed by atoms with Crippen LogP contribution in [0.25, 0.3) is 10.1 Å². The van der Waals surface area contributed by atoms with E-state index in [0.29, 0.717) is 0 Å². The molecule has 0 saturated carbocycles. The Hall–Kier alpha value is -0.540. The third kappa shape index (κ3) is 1.66. The van der Waals surface area contributed by atoms with Crippen molar-refractivity contribution in [2.24, 2.45) is 0 Å². The van der Waals surface area contributed by atoms with Gasteiger partial charge in [-0.25, -0.2) is 4.39 Å². The molecule has 0 bridgehead atoms. The van der Waals surface area contributed by atoms with E-state index in [4.69, 9.17) is 0 Å². The summed E-state index contributed by atoms with van der Waals surface area (Å²) in [6.45, 7) is 1.98. The van der Waals surface area contributed by atoms with Gasteiger partial charge in [-0.05, 0) is 41.8 Å². The number of hydrogen-bond donors (Lipinski definition) is 0. The number of benzene rings is 1. The lowest BCUT2D eigenvalue weighted by molar-refractivity contribution is 0.614. The minimum atomic E-state index is -0.0783. The number of thiophene rings is 1. The van der Waals surface area contributed by atoms with Crippen LogP contribution in [0.3, 0.4) is 0 Å². The lowest BCUT2D eigenvalue weighted by Gasteiger charge is -1.98. The van der Waals surface area contributed by atoms with Crippen LogP contribution in [0.15, 0.2) is 22.4 Å². The summed E-state index contributed by atoms with van der Waals surface area (Å²) < 4.78 is 15.9. The van der Waals surface area contributed by atoms with Crippen molar-refractivity contribution in [3.63, 3.8) is 0 Å². The van der Waals surface area contributed by atoms with Crippen LogP contribution >= 0.6 is 23.1 Å². The van der Waals surface area contributed by atoms with Crippen LogP contribution in [0.4, 0.5) is 4.39 Å². The smallest absolute Gasteiger partial charge is 0.127 e. The lowest BCUT2D eigenvalue weighted by atomic mass is 10.1. The van der Waals surface area contributed by atoms with Crippen molar-refractivity contribution in [3.05, 3.63) is 29.6 Å². The number of halogens is 1.